The molecule has 1 aromatic carbocycles. The van der Waals surface area contributed by atoms with E-state index in [9.17, 15) is 4.79 Å². The van der Waals surface area contributed by atoms with Gasteiger partial charge in [0.05, 0.1) is 18.6 Å². The lowest BCUT2D eigenvalue weighted by atomic mass is 10.2. The van der Waals surface area contributed by atoms with Crippen LogP contribution in [0.3, 0.4) is 0 Å². The summed E-state index contributed by atoms with van der Waals surface area (Å²) >= 11 is 9.26. The molecule has 29 heavy (non-hydrogen) atoms. The molecule has 9 heteroatoms. The third-order valence-electron chi connectivity index (χ3n) is 4.65. The highest BCUT2D eigenvalue weighted by molar-refractivity contribution is 7.99. The van der Waals surface area contributed by atoms with Gasteiger partial charge in [0.2, 0.25) is 5.91 Å². The zero-order valence-electron chi connectivity index (χ0n) is 16.1. The molecule has 0 saturated heterocycles. The largest absolute Gasteiger partial charge is 0.495 e. The van der Waals surface area contributed by atoms with Crippen molar-refractivity contribution in [1.82, 2.24) is 14.8 Å². The maximum atomic E-state index is 12.5. The lowest BCUT2D eigenvalue weighted by Crippen LogP contribution is -2.15. The quantitative estimate of drug-likeness (QED) is 0.493. The van der Waals surface area contributed by atoms with Crippen LogP contribution in [-0.2, 0) is 11.2 Å². The van der Waals surface area contributed by atoms with E-state index in [0.29, 0.717) is 22.5 Å². The number of anilines is 1. The molecule has 6 nitrogen and oxygen atoms in total. The highest BCUT2D eigenvalue weighted by Crippen LogP contribution is 2.39. The molecule has 0 unspecified atom stereocenters. The first-order valence-corrected chi connectivity index (χ1v) is 11.5. The Labute approximate surface area is 182 Å². The molecular weight excluding hydrogens is 428 g/mol. The SMILES string of the molecule is COc1cc(Cl)c(C)cc1NC(=O)CSc1nnc(Cc2cccs2)n1C1CC1. The summed E-state index contributed by atoms with van der Waals surface area (Å²) < 4.78 is 7.52. The molecule has 0 aliphatic heterocycles. The van der Waals surface area contributed by atoms with E-state index in [1.165, 1.54) is 16.6 Å². The maximum Gasteiger partial charge on any atom is 0.234 e. The van der Waals surface area contributed by atoms with Crippen LogP contribution in [0.4, 0.5) is 5.69 Å². The van der Waals surface area contributed by atoms with E-state index in [0.717, 1.165) is 35.8 Å². The molecule has 1 saturated carbocycles. The molecule has 0 radical (unpaired) electrons. The van der Waals surface area contributed by atoms with Crippen LogP contribution in [0.2, 0.25) is 5.02 Å². The summed E-state index contributed by atoms with van der Waals surface area (Å²) in [6, 6.07) is 8.13. The van der Waals surface area contributed by atoms with Gasteiger partial charge in [-0.2, -0.15) is 0 Å². The van der Waals surface area contributed by atoms with Gasteiger partial charge in [0, 0.05) is 28.4 Å². The number of benzene rings is 1. The monoisotopic (exact) mass is 448 g/mol. The van der Waals surface area contributed by atoms with Gasteiger partial charge < -0.3 is 14.6 Å². The Morgan fingerprint density at radius 2 is 2.24 bits per heavy atom. The van der Waals surface area contributed by atoms with E-state index in [1.54, 1.807) is 24.5 Å². The molecule has 1 aliphatic rings. The lowest BCUT2D eigenvalue weighted by molar-refractivity contribution is -0.113. The molecule has 2 aromatic heterocycles. The van der Waals surface area contributed by atoms with Crippen LogP contribution in [0.25, 0.3) is 0 Å². The minimum absolute atomic E-state index is 0.125. The van der Waals surface area contributed by atoms with Gasteiger partial charge in [0.1, 0.15) is 11.6 Å². The van der Waals surface area contributed by atoms with Crippen LogP contribution in [-0.4, -0.2) is 33.5 Å². The molecule has 1 N–H and O–H groups in total. The molecule has 0 bridgehead atoms. The van der Waals surface area contributed by atoms with Gasteiger partial charge in [-0.3, -0.25) is 4.79 Å². The molecular formula is C20H21ClN4O2S2. The number of hydrogen-bond donors (Lipinski definition) is 1. The fourth-order valence-corrected chi connectivity index (χ4v) is 4.72. The van der Waals surface area contributed by atoms with Gasteiger partial charge >= 0.3 is 0 Å². The van der Waals surface area contributed by atoms with Crippen molar-refractivity contribution in [1.29, 1.82) is 0 Å². The zero-order chi connectivity index (χ0) is 20.4. The number of carbonyl (C=O) groups excluding carboxylic acids is 1. The van der Waals surface area contributed by atoms with Gasteiger partial charge in [0.25, 0.3) is 0 Å². The number of nitrogens with zero attached hydrogens (tertiary/aromatic N) is 3. The van der Waals surface area contributed by atoms with Crippen molar-refractivity contribution in [3.8, 4) is 5.75 Å². The number of hydrogen-bond acceptors (Lipinski definition) is 6. The van der Waals surface area contributed by atoms with Crippen molar-refractivity contribution in [2.75, 3.05) is 18.2 Å². The summed E-state index contributed by atoms with van der Waals surface area (Å²) in [5.41, 5.74) is 1.49. The molecule has 1 fully saturated rings. The Morgan fingerprint density at radius 3 is 2.93 bits per heavy atom. The predicted octanol–water partition coefficient (Wildman–Crippen LogP) is 4.97. The Bertz CT molecular complexity index is 1020. The summed E-state index contributed by atoms with van der Waals surface area (Å²) in [6.07, 6.45) is 3.04. The average Bonchev–Trinajstić information content (AvgIpc) is 3.25. The summed E-state index contributed by atoms with van der Waals surface area (Å²) in [5.74, 6) is 1.63. The summed E-state index contributed by atoms with van der Waals surface area (Å²) in [6.45, 7) is 1.89. The Hall–Kier alpha value is -2.03. The highest BCUT2D eigenvalue weighted by Gasteiger charge is 2.30. The molecule has 0 atom stereocenters. The molecule has 1 amide bonds. The van der Waals surface area contributed by atoms with Gasteiger partial charge in [-0.25, -0.2) is 0 Å². The van der Waals surface area contributed by atoms with Crippen LogP contribution >= 0.6 is 34.7 Å². The minimum Gasteiger partial charge on any atom is -0.495 e. The second kappa shape index (κ2) is 8.77. The van der Waals surface area contributed by atoms with E-state index in [-0.39, 0.29) is 11.7 Å². The molecule has 2 heterocycles. The Kier molecular flexibility index (Phi) is 6.12. The van der Waals surface area contributed by atoms with Gasteiger partial charge in [-0.1, -0.05) is 29.4 Å². The van der Waals surface area contributed by atoms with Crippen molar-refractivity contribution >= 4 is 46.3 Å². The van der Waals surface area contributed by atoms with Gasteiger partial charge in [-0.05, 0) is 42.8 Å². The fraction of sp³-hybridized carbons (Fsp3) is 0.350. The fourth-order valence-electron chi connectivity index (χ4n) is 3.04. The van der Waals surface area contributed by atoms with Gasteiger partial charge in [0.15, 0.2) is 5.16 Å². The summed E-state index contributed by atoms with van der Waals surface area (Å²) in [5, 5.41) is 15.1. The van der Waals surface area contributed by atoms with Crippen molar-refractivity contribution in [2.24, 2.45) is 0 Å². The van der Waals surface area contributed by atoms with E-state index >= 15 is 0 Å². The number of aromatic nitrogens is 3. The number of thioether (sulfide) groups is 1. The molecule has 3 aromatic rings. The van der Waals surface area contributed by atoms with Gasteiger partial charge in [-0.15, -0.1) is 21.5 Å². The van der Waals surface area contributed by atoms with E-state index in [1.807, 2.05) is 19.1 Å². The first kappa shape index (κ1) is 20.3. The standard InChI is InChI=1S/C20H21ClN4O2S2/c1-12-8-16(17(27-2)10-15(12)21)22-19(26)11-29-20-24-23-18(25(20)13-5-6-13)9-14-4-3-7-28-14/h3-4,7-8,10,13H,5-6,9,11H2,1-2H3,(H,22,26). The topological polar surface area (TPSA) is 69.0 Å². The molecule has 1 aliphatic carbocycles. The normalized spacial score (nSPS) is 13.5. The Balaban J connectivity index is 1.43. The smallest absolute Gasteiger partial charge is 0.234 e. The summed E-state index contributed by atoms with van der Waals surface area (Å²) in [7, 11) is 1.55. The number of halogens is 1. The van der Waals surface area contributed by atoms with Crippen molar-refractivity contribution in [3.05, 3.63) is 50.9 Å². The molecule has 152 valence electrons. The number of methoxy groups -OCH3 is 1. The number of carbonyl (C=O) groups is 1. The predicted molar refractivity (Wildman–Crippen MR) is 118 cm³/mol. The van der Waals surface area contributed by atoms with E-state index in [2.05, 4.69) is 31.5 Å². The second-order valence-electron chi connectivity index (χ2n) is 6.89. The minimum atomic E-state index is -0.125. The first-order chi connectivity index (χ1) is 14.0. The summed E-state index contributed by atoms with van der Waals surface area (Å²) in [4.78, 5) is 13.8. The Morgan fingerprint density at radius 1 is 1.41 bits per heavy atom. The lowest BCUT2D eigenvalue weighted by Gasteiger charge is -2.12. The third kappa shape index (κ3) is 4.76. The number of nitrogens with one attached hydrogen (secondary N) is 1. The van der Waals surface area contributed by atoms with Crippen LogP contribution in [0.15, 0.2) is 34.8 Å². The average molecular weight is 449 g/mol. The third-order valence-corrected chi connectivity index (χ3v) is 6.87. The van der Waals surface area contributed by atoms with Crippen molar-refractivity contribution in [3.63, 3.8) is 0 Å². The van der Waals surface area contributed by atoms with Crippen LogP contribution < -0.4 is 10.1 Å². The first-order valence-electron chi connectivity index (χ1n) is 9.28. The number of aryl methyl sites for hydroxylation is 1. The maximum absolute atomic E-state index is 12.5. The van der Waals surface area contributed by atoms with E-state index in [4.69, 9.17) is 16.3 Å². The number of ether oxygens (including phenoxy) is 1. The number of amides is 1. The zero-order valence-corrected chi connectivity index (χ0v) is 18.5. The van der Waals surface area contributed by atoms with E-state index < -0.39 is 0 Å². The highest BCUT2D eigenvalue weighted by atomic mass is 35.5. The van der Waals surface area contributed by atoms with Crippen molar-refractivity contribution in [2.45, 2.75) is 37.4 Å². The number of rotatable bonds is 8. The van der Waals surface area contributed by atoms with Crippen LogP contribution in [0, 0.1) is 6.92 Å². The second-order valence-corrected chi connectivity index (χ2v) is 9.28. The molecule has 4 rings (SSSR count). The van der Waals surface area contributed by atoms with Crippen LogP contribution in [0.1, 0.15) is 35.1 Å². The van der Waals surface area contributed by atoms with Crippen LogP contribution in [0.5, 0.6) is 5.75 Å². The molecule has 0 spiro atoms. The van der Waals surface area contributed by atoms with Crippen molar-refractivity contribution < 1.29 is 9.53 Å². The number of thiophene rings is 1.